The summed E-state index contributed by atoms with van der Waals surface area (Å²) in [6.45, 7) is 0. The Morgan fingerprint density at radius 2 is 1.80 bits per heavy atom. The van der Waals surface area contributed by atoms with Gasteiger partial charge in [-0.2, -0.15) is 8.42 Å². The van der Waals surface area contributed by atoms with Crippen LogP contribution in [0.25, 0.3) is 10.9 Å². The monoisotopic (exact) mass is 429 g/mol. The molecule has 1 aromatic heterocycles. The fourth-order valence-electron chi connectivity index (χ4n) is 3.81. The van der Waals surface area contributed by atoms with Crippen LogP contribution in [-0.2, 0) is 20.7 Å². The summed E-state index contributed by atoms with van der Waals surface area (Å²) in [5.74, 6) is 1.63. The maximum absolute atomic E-state index is 12.0. The highest BCUT2D eigenvalue weighted by Crippen LogP contribution is 2.41. The zero-order valence-corrected chi connectivity index (χ0v) is 17.8. The number of ether oxygens (including phenoxy) is 2. The van der Waals surface area contributed by atoms with Crippen LogP contribution in [0.3, 0.4) is 0 Å². The zero-order valence-electron chi connectivity index (χ0n) is 17.0. The number of aryl methyl sites for hydroxylation is 1. The molecule has 0 bridgehead atoms. The molecule has 1 unspecified atom stereocenters. The molecule has 30 heavy (non-hydrogen) atoms. The van der Waals surface area contributed by atoms with Gasteiger partial charge in [-0.05, 0) is 37.0 Å². The number of nitrogens with zero attached hydrogens (tertiary/aromatic N) is 3. The Hall–Kier alpha value is -2.91. The Morgan fingerprint density at radius 1 is 1.07 bits per heavy atom. The molecule has 1 atom stereocenters. The molecule has 0 fully saturated rings. The highest BCUT2D eigenvalue weighted by Gasteiger charge is 2.31. The van der Waals surface area contributed by atoms with E-state index >= 15 is 0 Å². The van der Waals surface area contributed by atoms with Crippen molar-refractivity contribution in [3.05, 3.63) is 48.3 Å². The molecule has 0 aliphatic carbocycles. The van der Waals surface area contributed by atoms with Crippen LogP contribution in [0.4, 0.5) is 11.5 Å². The van der Waals surface area contributed by atoms with Crippen LogP contribution in [0.5, 0.6) is 11.5 Å². The predicted octanol–water partition coefficient (Wildman–Crippen LogP) is 3.42. The Morgan fingerprint density at radius 3 is 2.53 bits per heavy atom. The van der Waals surface area contributed by atoms with Crippen LogP contribution in [0, 0.1) is 0 Å². The summed E-state index contributed by atoms with van der Waals surface area (Å²) < 4.78 is 40.4. The summed E-state index contributed by atoms with van der Waals surface area (Å²) in [5, 5.41) is 0.703. The highest BCUT2D eigenvalue weighted by molar-refractivity contribution is 7.86. The minimum absolute atomic E-state index is 0.528. The average Bonchev–Trinajstić information content (AvgIpc) is 2.90. The number of para-hydroxylation sites is 1. The molecule has 4 rings (SSSR count). The van der Waals surface area contributed by atoms with Crippen LogP contribution in [-0.4, -0.2) is 45.1 Å². The van der Waals surface area contributed by atoms with Crippen molar-refractivity contribution in [1.29, 1.82) is 0 Å². The molecule has 0 saturated carbocycles. The maximum atomic E-state index is 12.0. The fourth-order valence-corrected chi connectivity index (χ4v) is 4.40. The number of aromatic nitrogens is 2. The van der Waals surface area contributed by atoms with Crippen molar-refractivity contribution in [2.45, 2.75) is 25.5 Å². The molecule has 0 amide bonds. The second-order valence-electron chi connectivity index (χ2n) is 7.07. The van der Waals surface area contributed by atoms with Gasteiger partial charge in [0, 0.05) is 17.1 Å². The van der Waals surface area contributed by atoms with Crippen molar-refractivity contribution in [1.82, 2.24) is 9.97 Å². The lowest BCUT2D eigenvalue weighted by Crippen LogP contribution is -2.35. The molecular weight excluding hydrogens is 406 g/mol. The van der Waals surface area contributed by atoms with Crippen LogP contribution in [0.15, 0.2) is 42.7 Å². The van der Waals surface area contributed by atoms with E-state index in [1.165, 1.54) is 6.33 Å². The third-order valence-corrected chi connectivity index (χ3v) is 5.64. The van der Waals surface area contributed by atoms with Gasteiger partial charge >= 0.3 is 0 Å². The fraction of sp³-hybridized carbons (Fsp3) is 0.333. The van der Waals surface area contributed by atoms with Crippen LogP contribution in [0.1, 0.15) is 18.4 Å². The van der Waals surface area contributed by atoms with Gasteiger partial charge in [-0.25, -0.2) is 14.2 Å². The molecule has 1 aliphatic heterocycles. The summed E-state index contributed by atoms with van der Waals surface area (Å²) in [6.07, 6.45) is 3.92. The van der Waals surface area contributed by atoms with Crippen LogP contribution < -0.4 is 14.4 Å². The maximum Gasteiger partial charge on any atom is 0.266 e. The molecule has 0 N–H and O–H groups in total. The first kappa shape index (κ1) is 20.4. The normalized spacial score (nSPS) is 16.8. The molecule has 8 nitrogen and oxygen atoms in total. The summed E-state index contributed by atoms with van der Waals surface area (Å²) in [6, 6.07) is 11.5. The van der Waals surface area contributed by atoms with E-state index in [0.717, 1.165) is 30.3 Å². The summed E-state index contributed by atoms with van der Waals surface area (Å²) in [4.78, 5) is 10.7. The average molecular weight is 429 g/mol. The molecule has 0 radical (unpaired) electrons. The topological polar surface area (TPSA) is 90.9 Å². The Kier molecular flexibility index (Phi) is 5.48. The van der Waals surface area contributed by atoms with Crippen molar-refractivity contribution in [2.24, 2.45) is 0 Å². The van der Waals surface area contributed by atoms with Gasteiger partial charge in [-0.15, -0.1) is 0 Å². The number of benzene rings is 2. The van der Waals surface area contributed by atoms with Crippen LogP contribution in [0.2, 0.25) is 0 Å². The molecule has 3 aromatic rings. The lowest BCUT2D eigenvalue weighted by atomic mass is 10.1. The second-order valence-corrected chi connectivity index (χ2v) is 8.67. The summed E-state index contributed by atoms with van der Waals surface area (Å²) in [7, 11) is -0.568. The lowest BCUT2D eigenvalue weighted by Gasteiger charge is -2.31. The summed E-state index contributed by atoms with van der Waals surface area (Å²) in [5.41, 5.74) is 2.61. The molecular formula is C21H23N3O5S. The largest absolute Gasteiger partial charge is 0.493 e. The van der Waals surface area contributed by atoms with E-state index in [4.69, 9.17) is 13.7 Å². The number of hydrogen-bond donors (Lipinski definition) is 0. The SMILES string of the molecule is COc1cc2ncnc(N3c4ccccc4CCCC3OS(C)(=O)=O)c2cc1OC. The molecule has 2 heterocycles. The minimum atomic E-state index is -3.69. The van der Waals surface area contributed by atoms with E-state index in [0.29, 0.717) is 34.6 Å². The first-order valence-corrected chi connectivity index (χ1v) is 11.3. The van der Waals surface area contributed by atoms with Gasteiger partial charge in [0.15, 0.2) is 17.7 Å². The predicted molar refractivity (Wildman–Crippen MR) is 114 cm³/mol. The zero-order chi connectivity index (χ0) is 21.3. The smallest absolute Gasteiger partial charge is 0.266 e. The third-order valence-electron chi connectivity index (χ3n) is 5.07. The minimum Gasteiger partial charge on any atom is -0.493 e. The molecule has 2 aromatic carbocycles. The second kappa shape index (κ2) is 8.08. The van der Waals surface area contributed by atoms with Gasteiger partial charge in [-0.3, -0.25) is 4.90 Å². The van der Waals surface area contributed by atoms with Crippen molar-refractivity contribution in [2.75, 3.05) is 25.4 Å². The van der Waals surface area contributed by atoms with Gasteiger partial charge in [0.05, 0.1) is 26.0 Å². The number of fused-ring (bicyclic) bond motifs is 2. The van der Waals surface area contributed by atoms with E-state index in [1.54, 1.807) is 26.4 Å². The van der Waals surface area contributed by atoms with Crippen molar-refractivity contribution in [3.8, 4) is 11.5 Å². The van der Waals surface area contributed by atoms with Crippen molar-refractivity contribution < 1.29 is 22.1 Å². The Balaban J connectivity index is 1.97. The lowest BCUT2D eigenvalue weighted by molar-refractivity contribution is 0.206. The van der Waals surface area contributed by atoms with Crippen LogP contribution >= 0.6 is 0 Å². The van der Waals surface area contributed by atoms with Gasteiger partial charge in [0.2, 0.25) is 0 Å². The first-order chi connectivity index (χ1) is 14.4. The van der Waals surface area contributed by atoms with Crippen molar-refractivity contribution >= 4 is 32.5 Å². The molecule has 1 aliphatic rings. The number of rotatable bonds is 5. The van der Waals surface area contributed by atoms with E-state index in [-0.39, 0.29) is 0 Å². The first-order valence-electron chi connectivity index (χ1n) is 9.53. The van der Waals surface area contributed by atoms with E-state index in [1.807, 2.05) is 29.2 Å². The standard InChI is InChI=1S/C21H23N3O5S/c1-27-18-11-15-16(12-19(18)28-2)22-13-23-21(15)24-17-9-5-4-7-14(17)8-6-10-20(24)29-30(3,25)26/h4-5,7,9,11-13,20H,6,8,10H2,1-3H3. The van der Waals surface area contributed by atoms with E-state index in [2.05, 4.69) is 9.97 Å². The van der Waals surface area contributed by atoms with Gasteiger partial charge in [0.1, 0.15) is 12.1 Å². The third kappa shape index (κ3) is 3.90. The number of methoxy groups -OCH3 is 2. The van der Waals surface area contributed by atoms with E-state index < -0.39 is 16.3 Å². The number of hydrogen-bond acceptors (Lipinski definition) is 8. The number of anilines is 2. The summed E-state index contributed by atoms with van der Waals surface area (Å²) >= 11 is 0. The Labute approximate surface area is 175 Å². The molecule has 158 valence electrons. The van der Waals surface area contributed by atoms with Gasteiger partial charge in [0.25, 0.3) is 10.1 Å². The van der Waals surface area contributed by atoms with Gasteiger partial charge < -0.3 is 9.47 Å². The highest BCUT2D eigenvalue weighted by atomic mass is 32.2. The molecule has 0 spiro atoms. The van der Waals surface area contributed by atoms with Gasteiger partial charge in [-0.1, -0.05) is 18.2 Å². The van der Waals surface area contributed by atoms with E-state index in [9.17, 15) is 8.42 Å². The quantitative estimate of drug-likeness (QED) is 0.570. The Bertz CT molecular complexity index is 1180. The molecule has 9 heteroatoms. The van der Waals surface area contributed by atoms with Crippen molar-refractivity contribution in [3.63, 3.8) is 0 Å². The molecule has 0 saturated heterocycles.